The van der Waals surface area contributed by atoms with Crippen molar-refractivity contribution in [3.05, 3.63) is 58.9 Å². The molecule has 1 aromatic carbocycles. The van der Waals surface area contributed by atoms with Crippen LogP contribution in [0.4, 0.5) is 0 Å². The van der Waals surface area contributed by atoms with E-state index in [2.05, 4.69) is 34.3 Å². The fraction of sp³-hybridized carbons (Fsp3) is 0.200. The zero-order valence-corrected chi connectivity index (χ0v) is 12.7. The first-order valence-electron chi connectivity index (χ1n) is 6.42. The third kappa shape index (κ3) is 2.81. The Morgan fingerprint density at radius 2 is 1.95 bits per heavy atom. The van der Waals surface area contributed by atoms with E-state index in [9.17, 15) is 0 Å². The van der Waals surface area contributed by atoms with E-state index >= 15 is 0 Å². The third-order valence-corrected chi connectivity index (χ3v) is 4.39. The maximum Gasteiger partial charge on any atom is 0.155 e. The van der Waals surface area contributed by atoms with E-state index in [1.807, 2.05) is 23.6 Å². The molecule has 102 valence electrons. The van der Waals surface area contributed by atoms with Crippen molar-refractivity contribution in [2.24, 2.45) is 0 Å². The number of imidazole rings is 1. The Kier molecular flexibility index (Phi) is 3.94. The molecule has 0 spiro atoms. The average Bonchev–Trinajstić information content (AvgIpc) is 2.76. The van der Waals surface area contributed by atoms with Gasteiger partial charge >= 0.3 is 0 Å². The molecular formula is C15H14ClN3S. The molecule has 0 saturated carbocycles. The van der Waals surface area contributed by atoms with Gasteiger partial charge in [-0.05, 0) is 31.0 Å². The molecule has 5 heteroatoms. The molecule has 2 heterocycles. The lowest BCUT2D eigenvalue weighted by Gasteiger charge is -2.03. The highest BCUT2D eigenvalue weighted by atomic mass is 35.5. The summed E-state index contributed by atoms with van der Waals surface area (Å²) in [7, 11) is 0. The summed E-state index contributed by atoms with van der Waals surface area (Å²) in [4.78, 5) is 4.50. The quantitative estimate of drug-likeness (QED) is 0.682. The van der Waals surface area contributed by atoms with E-state index in [-0.39, 0.29) is 0 Å². The third-order valence-electron chi connectivity index (χ3n) is 3.04. The minimum absolute atomic E-state index is 0.486. The molecule has 2 aromatic heterocycles. The van der Waals surface area contributed by atoms with Crippen molar-refractivity contribution >= 4 is 29.0 Å². The van der Waals surface area contributed by atoms with Crippen LogP contribution in [0.2, 0.25) is 5.15 Å². The number of aromatic nitrogens is 3. The molecule has 0 atom stereocenters. The SMILES string of the molecule is Cc1nc2ccc(Cl)nn2c1SCCc1ccccc1. The number of hydrogen-bond donors (Lipinski definition) is 0. The van der Waals surface area contributed by atoms with Gasteiger partial charge in [0.25, 0.3) is 0 Å². The molecule has 20 heavy (non-hydrogen) atoms. The van der Waals surface area contributed by atoms with Crippen molar-refractivity contribution in [3.63, 3.8) is 0 Å². The second kappa shape index (κ2) is 5.85. The maximum absolute atomic E-state index is 5.96. The van der Waals surface area contributed by atoms with Gasteiger partial charge in [0.15, 0.2) is 5.65 Å². The van der Waals surface area contributed by atoms with Crippen molar-refractivity contribution < 1.29 is 0 Å². The highest BCUT2D eigenvalue weighted by molar-refractivity contribution is 7.99. The number of halogens is 1. The summed E-state index contributed by atoms with van der Waals surface area (Å²) in [5.74, 6) is 0.993. The lowest BCUT2D eigenvalue weighted by molar-refractivity contribution is 0.847. The Labute approximate surface area is 127 Å². The molecule has 0 fully saturated rings. The number of fused-ring (bicyclic) bond motifs is 1. The van der Waals surface area contributed by atoms with Crippen molar-refractivity contribution in [1.29, 1.82) is 0 Å². The van der Waals surface area contributed by atoms with Gasteiger partial charge < -0.3 is 0 Å². The van der Waals surface area contributed by atoms with Gasteiger partial charge in [-0.25, -0.2) is 9.50 Å². The van der Waals surface area contributed by atoms with Crippen molar-refractivity contribution in [3.8, 4) is 0 Å². The normalized spacial score (nSPS) is 11.1. The number of rotatable bonds is 4. The standard InChI is InChI=1S/C15H14ClN3S/c1-11-15(19-14(17-11)8-7-13(16)18-19)20-10-9-12-5-3-2-4-6-12/h2-8H,9-10H2,1H3. The number of hydrogen-bond acceptors (Lipinski definition) is 3. The molecule has 0 radical (unpaired) electrons. The van der Waals surface area contributed by atoms with Gasteiger partial charge in [0.2, 0.25) is 0 Å². The van der Waals surface area contributed by atoms with Crippen LogP contribution in [-0.4, -0.2) is 20.4 Å². The summed E-state index contributed by atoms with van der Waals surface area (Å²) in [6.45, 7) is 2.01. The second-order valence-electron chi connectivity index (χ2n) is 4.51. The molecule has 0 aliphatic heterocycles. The van der Waals surface area contributed by atoms with E-state index in [0.29, 0.717) is 5.15 Å². The predicted molar refractivity (Wildman–Crippen MR) is 83.6 cm³/mol. The molecule has 0 aliphatic carbocycles. The van der Waals surface area contributed by atoms with Gasteiger partial charge in [0.1, 0.15) is 10.2 Å². The fourth-order valence-corrected chi connectivity index (χ4v) is 3.26. The molecule has 0 amide bonds. The van der Waals surface area contributed by atoms with Gasteiger partial charge in [-0.15, -0.1) is 11.8 Å². The summed E-state index contributed by atoms with van der Waals surface area (Å²) in [5, 5.41) is 5.87. The maximum atomic E-state index is 5.96. The topological polar surface area (TPSA) is 30.2 Å². The van der Waals surface area contributed by atoms with Crippen LogP contribution in [0.1, 0.15) is 11.3 Å². The van der Waals surface area contributed by atoms with E-state index < -0.39 is 0 Å². The van der Waals surface area contributed by atoms with Gasteiger partial charge in [-0.3, -0.25) is 0 Å². The molecule has 0 N–H and O–H groups in total. The summed E-state index contributed by atoms with van der Waals surface area (Å²) < 4.78 is 1.83. The van der Waals surface area contributed by atoms with Crippen LogP contribution in [0.25, 0.3) is 5.65 Å². The summed E-state index contributed by atoms with van der Waals surface area (Å²) >= 11 is 7.73. The summed E-state index contributed by atoms with van der Waals surface area (Å²) in [6.07, 6.45) is 1.03. The molecule has 3 rings (SSSR count). The Hall–Kier alpha value is -1.52. The highest BCUT2D eigenvalue weighted by Crippen LogP contribution is 2.24. The Morgan fingerprint density at radius 1 is 1.15 bits per heavy atom. The Morgan fingerprint density at radius 3 is 2.75 bits per heavy atom. The van der Waals surface area contributed by atoms with Crippen LogP contribution < -0.4 is 0 Å². The Balaban J connectivity index is 1.77. The average molecular weight is 304 g/mol. The smallest absolute Gasteiger partial charge is 0.155 e. The minimum atomic E-state index is 0.486. The second-order valence-corrected chi connectivity index (χ2v) is 5.98. The van der Waals surface area contributed by atoms with Gasteiger partial charge in [0.05, 0.1) is 5.69 Å². The number of benzene rings is 1. The predicted octanol–water partition coefficient (Wildman–Crippen LogP) is 4.03. The van der Waals surface area contributed by atoms with E-state index in [4.69, 9.17) is 11.6 Å². The number of thioether (sulfide) groups is 1. The molecule has 0 aliphatic rings. The fourth-order valence-electron chi connectivity index (χ4n) is 2.08. The first-order chi connectivity index (χ1) is 9.74. The monoisotopic (exact) mass is 303 g/mol. The van der Waals surface area contributed by atoms with Crippen LogP contribution in [-0.2, 0) is 6.42 Å². The molecule has 3 aromatic rings. The number of aryl methyl sites for hydroxylation is 2. The van der Waals surface area contributed by atoms with Crippen LogP contribution >= 0.6 is 23.4 Å². The van der Waals surface area contributed by atoms with Crippen LogP contribution in [0, 0.1) is 6.92 Å². The van der Waals surface area contributed by atoms with Crippen LogP contribution in [0.5, 0.6) is 0 Å². The van der Waals surface area contributed by atoms with E-state index in [1.54, 1.807) is 17.8 Å². The zero-order valence-electron chi connectivity index (χ0n) is 11.1. The van der Waals surface area contributed by atoms with E-state index in [0.717, 1.165) is 28.5 Å². The zero-order chi connectivity index (χ0) is 13.9. The summed E-state index contributed by atoms with van der Waals surface area (Å²) in [5.41, 5.74) is 3.18. The largest absolute Gasteiger partial charge is 0.231 e. The molecule has 0 saturated heterocycles. The lowest BCUT2D eigenvalue weighted by Crippen LogP contribution is -1.95. The summed E-state index contributed by atoms with van der Waals surface area (Å²) in [6, 6.07) is 14.1. The lowest BCUT2D eigenvalue weighted by atomic mass is 10.2. The van der Waals surface area contributed by atoms with Crippen molar-refractivity contribution in [2.75, 3.05) is 5.75 Å². The van der Waals surface area contributed by atoms with E-state index in [1.165, 1.54) is 5.56 Å². The van der Waals surface area contributed by atoms with Crippen LogP contribution in [0.3, 0.4) is 0 Å². The minimum Gasteiger partial charge on any atom is -0.231 e. The molecule has 0 unspecified atom stereocenters. The first kappa shape index (κ1) is 13.5. The first-order valence-corrected chi connectivity index (χ1v) is 7.79. The molecule has 0 bridgehead atoms. The van der Waals surface area contributed by atoms with Gasteiger partial charge in [0, 0.05) is 5.75 Å². The Bertz CT molecular complexity index is 725. The van der Waals surface area contributed by atoms with Crippen molar-refractivity contribution in [2.45, 2.75) is 18.4 Å². The molecular weight excluding hydrogens is 290 g/mol. The van der Waals surface area contributed by atoms with Crippen molar-refractivity contribution in [1.82, 2.24) is 14.6 Å². The molecule has 3 nitrogen and oxygen atoms in total. The van der Waals surface area contributed by atoms with Gasteiger partial charge in [-0.2, -0.15) is 5.10 Å². The number of nitrogens with zero attached hydrogens (tertiary/aromatic N) is 3. The van der Waals surface area contributed by atoms with Gasteiger partial charge in [-0.1, -0.05) is 41.9 Å². The van der Waals surface area contributed by atoms with Crippen LogP contribution in [0.15, 0.2) is 47.5 Å². The highest BCUT2D eigenvalue weighted by Gasteiger charge is 2.10.